The molecule has 0 aliphatic heterocycles. The van der Waals surface area contributed by atoms with Gasteiger partial charge in [0.05, 0.1) is 6.10 Å². The molecule has 1 aromatic heterocycles. The Morgan fingerprint density at radius 1 is 1.29 bits per heavy atom. The molecule has 0 aliphatic carbocycles. The zero-order valence-corrected chi connectivity index (χ0v) is 10.4. The van der Waals surface area contributed by atoms with Crippen molar-refractivity contribution in [1.82, 2.24) is 4.98 Å². The lowest BCUT2D eigenvalue weighted by molar-refractivity contribution is 0.0371. The zero-order chi connectivity index (χ0) is 12.4. The average molecular weight is 250 g/mol. The third kappa shape index (κ3) is 2.74. The molecular formula is C13H12ClNO2. The van der Waals surface area contributed by atoms with Crippen molar-refractivity contribution in [3.63, 3.8) is 0 Å². The summed E-state index contributed by atoms with van der Waals surface area (Å²) in [6.45, 7) is 3.60. The fraction of sp³-hybridized carbons (Fsp3) is 0.231. The van der Waals surface area contributed by atoms with Crippen LogP contribution in [0.5, 0.6) is 0 Å². The first-order valence-corrected chi connectivity index (χ1v) is 5.70. The molecule has 17 heavy (non-hydrogen) atoms. The lowest BCUT2D eigenvalue weighted by atomic mass is 10.1. The van der Waals surface area contributed by atoms with E-state index in [1.807, 2.05) is 6.07 Å². The first kappa shape index (κ1) is 11.9. The van der Waals surface area contributed by atoms with Crippen LogP contribution in [0.1, 0.15) is 24.3 Å². The SMILES string of the molecule is CC(C)OC(=O)c1cc2cc(Cl)ccc2cn1. The van der Waals surface area contributed by atoms with Gasteiger partial charge in [0, 0.05) is 16.6 Å². The Balaban J connectivity index is 2.40. The van der Waals surface area contributed by atoms with Crippen LogP contribution in [0.3, 0.4) is 0 Å². The van der Waals surface area contributed by atoms with E-state index in [2.05, 4.69) is 4.98 Å². The molecule has 0 bridgehead atoms. The highest BCUT2D eigenvalue weighted by Gasteiger charge is 2.11. The predicted molar refractivity (Wildman–Crippen MR) is 67.3 cm³/mol. The van der Waals surface area contributed by atoms with Gasteiger partial charge in [-0.3, -0.25) is 0 Å². The van der Waals surface area contributed by atoms with E-state index in [9.17, 15) is 4.79 Å². The van der Waals surface area contributed by atoms with Crippen molar-refractivity contribution in [3.8, 4) is 0 Å². The lowest BCUT2D eigenvalue weighted by Crippen LogP contribution is -2.12. The van der Waals surface area contributed by atoms with Gasteiger partial charge >= 0.3 is 5.97 Å². The number of pyridine rings is 1. The summed E-state index contributed by atoms with van der Waals surface area (Å²) in [4.78, 5) is 15.7. The number of carbonyl (C=O) groups excluding carboxylic acids is 1. The van der Waals surface area contributed by atoms with Crippen molar-refractivity contribution in [1.29, 1.82) is 0 Å². The summed E-state index contributed by atoms with van der Waals surface area (Å²) in [5, 5.41) is 2.45. The van der Waals surface area contributed by atoms with Gasteiger partial charge in [-0.15, -0.1) is 0 Å². The normalized spacial score (nSPS) is 10.8. The van der Waals surface area contributed by atoms with Crippen molar-refractivity contribution < 1.29 is 9.53 Å². The van der Waals surface area contributed by atoms with Crippen LogP contribution in [-0.2, 0) is 4.74 Å². The Bertz CT molecular complexity index is 566. The molecule has 88 valence electrons. The number of hydrogen-bond donors (Lipinski definition) is 0. The maximum absolute atomic E-state index is 11.7. The number of fused-ring (bicyclic) bond motifs is 1. The Morgan fingerprint density at radius 2 is 2.06 bits per heavy atom. The molecule has 0 aliphatic rings. The topological polar surface area (TPSA) is 39.2 Å². The van der Waals surface area contributed by atoms with Gasteiger partial charge < -0.3 is 4.74 Å². The third-order valence-electron chi connectivity index (χ3n) is 2.24. The fourth-order valence-electron chi connectivity index (χ4n) is 1.50. The van der Waals surface area contributed by atoms with Gasteiger partial charge in [-0.2, -0.15) is 0 Å². The number of nitrogens with zero attached hydrogens (tertiary/aromatic N) is 1. The van der Waals surface area contributed by atoms with Crippen LogP contribution in [0.4, 0.5) is 0 Å². The number of aromatic nitrogens is 1. The number of carbonyl (C=O) groups is 1. The van der Waals surface area contributed by atoms with Crippen LogP contribution >= 0.6 is 11.6 Å². The van der Waals surface area contributed by atoms with Gasteiger partial charge in [0.15, 0.2) is 0 Å². The number of rotatable bonds is 2. The second kappa shape index (κ2) is 4.72. The quantitative estimate of drug-likeness (QED) is 0.766. The molecular weight excluding hydrogens is 238 g/mol. The summed E-state index contributed by atoms with van der Waals surface area (Å²) in [7, 11) is 0. The Kier molecular flexibility index (Phi) is 3.29. The van der Waals surface area contributed by atoms with Gasteiger partial charge in [0.25, 0.3) is 0 Å². The Morgan fingerprint density at radius 3 is 2.76 bits per heavy atom. The second-order valence-corrected chi connectivity index (χ2v) is 4.45. The van der Waals surface area contributed by atoms with Crippen molar-refractivity contribution in [2.45, 2.75) is 20.0 Å². The van der Waals surface area contributed by atoms with Crippen LogP contribution in [0, 0.1) is 0 Å². The summed E-state index contributed by atoms with van der Waals surface area (Å²) in [5.41, 5.74) is 0.300. The maximum Gasteiger partial charge on any atom is 0.357 e. The smallest absolute Gasteiger partial charge is 0.357 e. The van der Waals surface area contributed by atoms with E-state index < -0.39 is 5.97 Å². The Hall–Kier alpha value is -1.61. The maximum atomic E-state index is 11.7. The van der Waals surface area contributed by atoms with E-state index in [1.165, 1.54) is 0 Å². The van der Waals surface area contributed by atoms with Crippen LogP contribution < -0.4 is 0 Å². The molecule has 0 amide bonds. The molecule has 1 aromatic carbocycles. The molecule has 0 saturated heterocycles. The van der Waals surface area contributed by atoms with E-state index in [0.29, 0.717) is 10.7 Å². The summed E-state index contributed by atoms with van der Waals surface area (Å²) in [5.74, 6) is -0.415. The zero-order valence-electron chi connectivity index (χ0n) is 9.61. The first-order valence-electron chi connectivity index (χ1n) is 5.32. The first-order chi connectivity index (χ1) is 8.06. The van der Waals surface area contributed by atoms with E-state index in [4.69, 9.17) is 16.3 Å². The van der Waals surface area contributed by atoms with E-state index in [0.717, 1.165) is 10.8 Å². The van der Waals surface area contributed by atoms with Crippen LogP contribution in [0.2, 0.25) is 5.02 Å². The van der Waals surface area contributed by atoms with Crippen LogP contribution in [0.25, 0.3) is 10.8 Å². The number of benzene rings is 1. The van der Waals surface area contributed by atoms with E-state index in [-0.39, 0.29) is 6.10 Å². The van der Waals surface area contributed by atoms with Crippen molar-refractivity contribution >= 4 is 28.3 Å². The molecule has 2 rings (SSSR count). The number of esters is 1. The minimum absolute atomic E-state index is 0.153. The number of hydrogen-bond acceptors (Lipinski definition) is 3. The molecule has 2 aromatic rings. The molecule has 1 heterocycles. The van der Waals surface area contributed by atoms with Gasteiger partial charge in [-0.05, 0) is 37.4 Å². The van der Waals surface area contributed by atoms with Crippen molar-refractivity contribution in [3.05, 3.63) is 41.2 Å². The Labute approximate surface area is 104 Å². The fourth-order valence-corrected chi connectivity index (χ4v) is 1.68. The monoisotopic (exact) mass is 249 g/mol. The van der Waals surface area contributed by atoms with Gasteiger partial charge in [-0.25, -0.2) is 9.78 Å². The molecule has 0 saturated carbocycles. The highest BCUT2D eigenvalue weighted by atomic mass is 35.5. The van der Waals surface area contributed by atoms with Crippen molar-refractivity contribution in [2.75, 3.05) is 0 Å². The molecule has 0 unspecified atom stereocenters. The summed E-state index contributed by atoms with van der Waals surface area (Å²) >= 11 is 5.90. The minimum Gasteiger partial charge on any atom is -0.458 e. The second-order valence-electron chi connectivity index (χ2n) is 4.02. The third-order valence-corrected chi connectivity index (χ3v) is 2.47. The van der Waals surface area contributed by atoms with E-state index in [1.54, 1.807) is 38.2 Å². The molecule has 0 radical (unpaired) electrons. The molecule has 0 spiro atoms. The van der Waals surface area contributed by atoms with Crippen LogP contribution in [-0.4, -0.2) is 17.1 Å². The summed E-state index contributed by atoms with van der Waals surface area (Å²) in [6, 6.07) is 7.14. The molecule has 4 heteroatoms. The van der Waals surface area contributed by atoms with Gasteiger partial charge in [0.2, 0.25) is 0 Å². The summed E-state index contributed by atoms with van der Waals surface area (Å²) in [6.07, 6.45) is 1.49. The average Bonchev–Trinajstić information content (AvgIpc) is 2.27. The predicted octanol–water partition coefficient (Wildman–Crippen LogP) is 3.45. The molecule has 0 N–H and O–H groups in total. The van der Waals surface area contributed by atoms with E-state index >= 15 is 0 Å². The van der Waals surface area contributed by atoms with Crippen molar-refractivity contribution in [2.24, 2.45) is 0 Å². The number of halogens is 1. The highest BCUT2D eigenvalue weighted by molar-refractivity contribution is 6.31. The summed E-state index contributed by atoms with van der Waals surface area (Å²) < 4.78 is 5.08. The highest BCUT2D eigenvalue weighted by Crippen LogP contribution is 2.19. The minimum atomic E-state index is -0.415. The standard InChI is InChI=1S/C13H12ClNO2/c1-8(2)17-13(16)12-6-10-5-11(14)4-3-9(10)7-15-12/h3-8H,1-2H3. The van der Waals surface area contributed by atoms with Gasteiger partial charge in [0.1, 0.15) is 5.69 Å². The number of ether oxygens (including phenoxy) is 1. The van der Waals surface area contributed by atoms with Crippen LogP contribution in [0.15, 0.2) is 30.5 Å². The molecule has 3 nitrogen and oxygen atoms in total. The van der Waals surface area contributed by atoms with Gasteiger partial charge in [-0.1, -0.05) is 17.7 Å². The molecule has 0 atom stereocenters. The lowest BCUT2D eigenvalue weighted by Gasteiger charge is -2.07. The largest absolute Gasteiger partial charge is 0.458 e. The molecule has 0 fully saturated rings.